The molecule has 0 aliphatic carbocycles. The van der Waals surface area contributed by atoms with Gasteiger partial charge in [-0.15, -0.1) is 54.5 Å². The van der Waals surface area contributed by atoms with Crippen LogP contribution in [0.15, 0.2) is 36.4 Å². The van der Waals surface area contributed by atoms with Crippen molar-refractivity contribution in [1.29, 1.82) is 0 Å². The molecule has 0 heterocycles. The summed E-state index contributed by atoms with van der Waals surface area (Å²) < 4.78 is 0. The van der Waals surface area contributed by atoms with E-state index in [1.54, 1.807) is 0 Å². The summed E-state index contributed by atoms with van der Waals surface area (Å²) in [6, 6.07) is 12.9. The zero-order chi connectivity index (χ0) is 6.97. The Labute approximate surface area is 110 Å². The van der Waals surface area contributed by atoms with Crippen LogP contribution >= 0.6 is 24.8 Å². The Morgan fingerprint density at radius 2 is 1.77 bits per heavy atom. The topological polar surface area (TPSA) is 0 Å². The monoisotopic (exact) mass is 291 g/mol. The van der Waals surface area contributed by atoms with Gasteiger partial charge >= 0.3 is 0 Å². The fraction of sp³-hybridized carbons (Fsp3) is 0.100. The molecule has 0 radical (unpaired) electrons. The van der Waals surface area contributed by atoms with Crippen molar-refractivity contribution < 1.29 is 26.2 Å². The number of aryl methyl sites for hydroxylation is 1. The molecule has 0 bridgehead atoms. The number of fused-ring (bicyclic) bond motifs is 1. The third kappa shape index (κ3) is 3.50. The molecule has 2 rings (SSSR count). The van der Waals surface area contributed by atoms with E-state index in [0.29, 0.717) is 0 Å². The van der Waals surface area contributed by atoms with Gasteiger partial charge in [-0.1, -0.05) is 5.56 Å². The van der Waals surface area contributed by atoms with E-state index in [4.69, 9.17) is 0 Å². The number of halogens is 2. The molecule has 0 aromatic heterocycles. The molecular weight excluding hydrogens is 282 g/mol. The normalized spacial score (nSPS) is 8.08. The van der Waals surface area contributed by atoms with Crippen molar-refractivity contribution in [3.05, 3.63) is 42.0 Å². The predicted octanol–water partition coefficient (Wildman–Crippen LogP) is 3.71. The van der Waals surface area contributed by atoms with Crippen LogP contribution in [-0.4, -0.2) is 0 Å². The average Bonchev–Trinajstić information content (AvgIpc) is 2.33. The van der Waals surface area contributed by atoms with Crippen LogP contribution in [0.3, 0.4) is 0 Å². The van der Waals surface area contributed by atoms with Gasteiger partial charge in [-0.3, -0.25) is 0 Å². The molecule has 0 N–H and O–H groups in total. The van der Waals surface area contributed by atoms with Crippen LogP contribution < -0.4 is 0 Å². The van der Waals surface area contributed by atoms with E-state index < -0.39 is 0 Å². The third-order valence-electron chi connectivity index (χ3n) is 1.79. The van der Waals surface area contributed by atoms with Crippen molar-refractivity contribution in [2.24, 2.45) is 0 Å². The van der Waals surface area contributed by atoms with Gasteiger partial charge in [-0.05, 0) is 6.92 Å². The van der Waals surface area contributed by atoms with Crippen molar-refractivity contribution in [3.63, 3.8) is 0 Å². The van der Waals surface area contributed by atoms with E-state index in [0.717, 1.165) is 0 Å². The molecule has 0 atom stereocenters. The van der Waals surface area contributed by atoms with E-state index in [-0.39, 0.29) is 51.0 Å². The van der Waals surface area contributed by atoms with Gasteiger partial charge in [0.05, 0.1) is 0 Å². The summed E-state index contributed by atoms with van der Waals surface area (Å²) in [4.78, 5) is 0. The van der Waals surface area contributed by atoms with Crippen molar-refractivity contribution in [3.8, 4) is 0 Å². The second-order valence-electron chi connectivity index (χ2n) is 2.66. The molecule has 0 saturated heterocycles. The number of rotatable bonds is 0. The zero-order valence-corrected chi connectivity index (χ0v) is 11.4. The van der Waals surface area contributed by atoms with Crippen molar-refractivity contribution in [1.82, 2.24) is 0 Å². The Kier molecular flexibility index (Phi) is 8.12. The Bertz CT molecular complexity index is 354. The number of benzene rings is 1. The van der Waals surface area contributed by atoms with E-state index in [1.807, 2.05) is 0 Å². The first-order valence-corrected chi connectivity index (χ1v) is 3.48. The van der Waals surface area contributed by atoms with Gasteiger partial charge in [0.15, 0.2) is 0 Å². The van der Waals surface area contributed by atoms with Crippen molar-refractivity contribution in [2.45, 2.75) is 6.92 Å². The molecule has 0 saturated carbocycles. The minimum atomic E-state index is 0. The van der Waals surface area contributed by atoms with Gasteiger partial charge < -0.3 is 0 Å². The Morgan fingerprint density at radius 1 is 1.08 bits per heavy atom. The molecule has 70 valence electrons. The first-order valence-electron chi connectivity index (χ1n) is 3.48. The van der Waals surface area contributed by atoms with E-state index in [9.17, 15) is 0 Å². The average molecular weight is 293 g/mol. The Hall–Kier alpha value is 0.293. The van der Waals surface area contributed by atoms with Gasteiger partial charge in [0.2, 0.25) is 0 Å². The van der Waals surface area contributed by atoms with E-state index >= 15 is 0 Å². The maximum Gasteiger partial charge on any atom is 0 e. The maximum absolute atomic E-state index is 2.20. The molecule has 2 aromatic rings. The molecule has 2 aromatic carbocycles. The Morgan fingerprint density at radius 3 is 2.46 bits per heavy atom. The van der Waals surface area contributed by atoms with E-state index in [2.05, 4.69) is 43.3 Å². The summed E-state index contributed by atoms with van der Waals surface area (Å²) in [5, 5.41) is 2.69. The molecular formula is C10H11Cl2Zr-. The molecule has 0 nitrogen and oxygen atoms in total. The summed E-state index contributed by atoms with van der Waals surface area (Å²) in [5.74, 6) is 0. The van der Waals surface area contributed by atoms with Gasteiger partial charge in [0.25, 0.3) is 0 Å². The standard InChI is InChI=1S/C10H9.2ClH.Zr/c1-8-5-6-9-3-2-4-10(9)7-8;;;/h2-7H,1H3;2*1H;/q-1;;;. The van der Waals surface area contributed by atoms with Gasteiger partial charge in [-0.2, -0.15) is 17.5 Å². The van der Waals surface area contributed by atoms with Crippen LogP contribution in [-0.2, 0) is 26.2 Å². The predicted molar refractivity (Wildman–Crippen MR) is 58.8 cm³/mol. The molecule has 0 amide bonds. The quantitative estimate of drug-likeness (QED) is 0.650. The largest absolute Gasteiger partial charge is 0.168 e. The second-order valence-corrected chi connectivity index (χ2v) is 2.66. The smallest absolute Gasteiger partial charge is 0 e. The van der Waals surface area contributed by atoms with Crippen LogP contribution in [0.2, 0.25) is 0 Å². The molecule has 0 fully saturated rings. The molecule has 0 spiro atoms. The summed E-state index contributed by atoms with van der Waals surface area (Å²) >= 11 is 0. The fourth-order valence-corrected chi connectivity index (χ4v) is 1.25. The van der Waals surface area contributed by atoms with Gasteiger partial charge in [-0.25, -0.2) is 0 Å². The van der Waals surface area contributed by atoms with Gasteiger partial charge in [0, 0.05) is 26.2 Å². The van der Waals surface area contributed by atoms with E-state index in [1.165, 1.54) is 16.3 Å². The number of hydrogen-bond acceptors (Lipinski definition) is 0. The summed E-state index contributed by atoms with van der Waals surface area (Å²) in [5.41, 5.74) is 1.33. The van der Waals surface area contributed by atoms with Gasteiger partial charge in [0.1, 0.15) is 0 Å². The first kappa shape index (κ1) is 15.8. The van der Waals surface area contributed by atoms with Crippen molar-refractivity contribution >= 4 is 35.6 Å². The maximum atomic E-state index is 2.20. The van der Waals surface area contributed by atoms with Crippen LogP contribution in [0.4, 0.5) is 0 Å². The molecule has 13 heavy (non-hydrogen) atoms. The van der Waals surface area contributed by atoms with Crippen molar-refractivity contribution in [2.75, 3.05) is 0 Å². The van der Waals surface area contributed by atoms with Crippen LogP contribution in [0.5, 0.6) is 0 Å². The summed E-state index contributed by atoms with van der Waals surface area (Å²) in [7, 11) is 0. The summed E-state index contributed by atoms with van der Waals surface area (Å²) in [6.45, 7) is 2.12. The number of hydrogen-bond donors (Lipinski definition) is 0. The molecule has 3 heteroatoms. The molecule has 0 aliphatic rings. The zero-order valence-electron chi connectivity index (χ0n) is 7.28. The minimum absolute atomic E-state index is 0. The SMILES string of the molecule is Cc1ccc2[cH-]ccc2c1.Cl.Cl.[Zr]. The third-order valence-corrected chi connectivity index (χ3v) is 1.79. The Balaban J connectivity index is 0. The minimum Gasteiger partial charge on any atom is -0.168 e. The molecule has 0 aliphatic heterocycles. The van der Waals surface area contributed by atoms with Crippen LogP contribution in [0.1, 0.15) is 5.56 Å². The van der Waals surface area contributed by atoms with Crippen LogP contribution in [0, 0.1) is 6.92 Å². The molecule has 0 unspecified atom stereocenters. The fourth-order valence-electron chi connectivity index (χ4n) is 1.25. The second kappa shape index (κ2) is 6.70. The first-order chi connectivity index (χ1) is 4.86. The van der Waals surface area contributed by atoms with Crippen LogP contribution in [0.25, 0.3) is 10.8 Å². The summed E-state index contributed by atoms with van der Waals surface area (Å²) in [6.07, 6.45) is 0.